The second-order valence-electron chi connectivity index (χ2n) is 16.7. The molecule has 2 fully saturated rings. The molecule has 7 rings (SSSR count). The van der Waals surface area contributed by atoms with Crippen molar-refractivity contribution in [3.63, 3.8) is 0 Å². The molecule has 2 saturated heterocycles. The van der Waals surface area contributed by atoms with Gasteiger partial charge in [-0.15, -0.1) is 11.3 Å². The molecule has 0 spiro atoms. The van der Waals surface area contributed by atoms with Gasteiger partial charge in [-0.1, -0.05) is 33.8 Å². The largest absolute Gasteiger partial charge is 0.464 e. The van der Waals surface area contributed by atoms with Gasteiger partial charge < -0.3 is 24.3 Å². The Bertz CT molecular complexity index is 2160. The number of benzene rings is 1. The molecule has 4 atom stereocenters. The second-order valence-corrected chi connectivity index (χ2v) is 17.6. The van der Waals surface area contributed by atoms with Crippen LogP contribution in [0.3, 0.4) is 0 Å². The number of hydrazine groups is 1. The highest BCUT2D eigenvalue weighted by Crippen LogP contribution is 2.42. The number of rotatable bonds is 8. The minimum absolute atomic E-state index is 0.0568. The molecule has 2 N–H and O–H groups in total. The highest BCUT2D eigenvalue weighted by molar-refractivity contribution is 7.10. The Labute approximate surface area is 338 Å². The fourth-order valence-electron chi connectivity index (χ4n) is 8.59. The fourth-order valence-corrected chi connectivity index (χ4v) is 9.44. The second kappa shape index (κ2) is 16.7. The Morgan fingerprint density at radius 3 is 2.67 bits per heavy atom. The minimum Gasteiger partial charge on any atom is -0.464 e. The predicted octanol–water partition coefficient (Wildman–Crippen LogP) is 5.85. The fraction of sp³-hybridized carbons (Fsp3) is 0.535. The van der Waals surface area contributed by atoms with Crippen molar-refractivity contribution >= 4 is 45.9 Å². The lowest BCUT2D eigenvalue weighted by Crippen LogP contribution is -2.62. The summed E-state index contributed by atoms with van der Waals surface area (Å²) in [5, 5.41) is 8.22. The van der Waals surface area contributed by atoms with E-state index in [2.05, 4.69) is 60.3 Å². The third kappa shape index (κ3) is 8.22. The van der Waals surface area contributed by atoms with Crippen LogP contribution in [0.25, 0.3) is 33.4 Å². The minimum atomic E-state index is -0.992. The van der Waals surface area contributed by atoms with E-state index in [4.69, 9.17) is 19.4 Å². The van der Waals surface area contributed by atoms with Crippen LogP contribution in [-0.2, 0) is 48.0 Å². The first kappa shape index (κ1) is 40.5. The van der Waals surface area contributed by atoms with Crippen molar-refractivity contribution in [2.24, 2.45) is 11.3 Å². The van der Waals surface area contributed by atoms with Gasteiger partial charge in [0.1, 0.15) is 18.1 Å². The number of carbonyl (C=O) groups excluding carboxylic acids is 4. The number of esters is 1. The average molecular weight is 798 g/mol. The summed E-state index contributed by atoms with van der Waals surface area (Å²) in [6.45, 7) is 13.9. The van der Waals surface area contributed by atoms with Gasteiger partial charge in [0.25, 0.3) is 5.91 Å². The van der Waals surface area contributed by atoms with Crippen molar-refractivity contribution < 1.29 is 28.7 Å². The monoisotopic (exact) mass is 797 g/mol. The molecular weight excluding hydrogens is 743 g/mol. The normalized spacial score (nSPS) is 21.4. The number of nitrogens with zero attached hydrogens (tertiary/aromatic N) is 5. The summed E-state index contributed by atoms with van der Waals surface area (Å²) in [7, 11) is 1.69. The zero-order chi connectivity index (χ0) is 40.6. The lowest BCUT2D eigenvalue weighted by molar-refractivity contribution is -0.155. The molecule has 6 heterocycles. The van der Waals surface area contributed by atoms with Gasteiger partial charge in [0.15, 0.2) is 0 Å². The maximum atomic E-state index is 14.4. The molecule has 0 radical (unpaired) electrons. The number of nitrogens with one attached hydrogen (secondary N) is 2. The van der Waals surface area contributed by atoms with Gasteiger partial charge in [0.05, 0.1) is 34.8 Å². The van der Waals surface area contributed by atoms with Gasteiger partial charge in [-0.2, -0.15) is 0 Å². The molecule has 14 heteroatoms. The predicted molar refractivity (Wildman–Crippen MR) is 219 cm³/mol. The summed E-state index contributed by atoms with van der Waals surface area (Å²) >= 11 is 1.44. The van der Waals surface area contributed by atoms with Crippen molar-refractivity contribution in [3.05, 3.63) is 58.2 Å². The summed E-state index contributed by atoms with van der Waals surface area (Å²) in [5.74, 6) is -1.40. The van der Waals surface area contributed by atoms with Gasteiger partial charge in [0.2, 0.25) is 11.8 Å². The van der Waals surface area contributed by atoms with E-state index in [0.717, 1.165) is 44.7 Å². The van der Waals surface area contributed by atoms with E-state index in [1.807, 2.05) is 32.2 Å². The molecule has 3 aliphatic heterocycles. The van der Waals surface area contributed by atoms with Crippen molar-refractivity contribution in [1.29, 1.82) is 0 Å². The Morgan fingerprint density at radius 1 is 1.14 bits per heavy atom. The van der Waals surface area contributed by atoms with Gasteiger partial charge >= 0.3 is 5.97 Å². The number of aryl methyl sites for hydroxylation is 1. The summed E-state index contributed by atoms with van der Waals surface area (Å²) < 4.78 is 14.2. The van der Waals surface area contributed by atoms with Gasteiger partial charge in [-0.25, -0.2) is 10.4 Å². The number of fused-ring (bicyclic) bond motifs is 6. The van der Waals surface area contributed by atoms with E-state index >= 15 is 0 Å². The number of ether oxygens (including phenoxy) is 2. The Morgan fingerprint density at radius 2 is 1.95 bits per heavy atom. The molecule has 13 nitrogen and oxygen atoms in total. The van der Waals surface area contributed by atoms with Gasteiger partial charge in [-0.05, 0) is 75.3 Å². The summed E-state index contributed by atoms with van der Waals surface area (Å²) in [6, 6.07) is 8.02. The van der Waals surface area contributed by atoms with Crippen LogP contribution in [0.2, 0.25) is 0 Å². The number of hydrogen-bond acceptors (Lipinski definition) is 10. The topological polar surface area (TPSA) is 148 Å². The van der Waals surface area contributed by atoms with Crippen LogP contribution < -0.4 is 10.7 Å². The molecule has 0 aliphatic carbocycles. The standard InChI is InChI=1S/C43H55N7O6S/c1-8-48-34-16-15-27-20-29(34)30(39(48)28-12-9-17-44-37(28)26(4)55-7)22-43(5,6)24-56-42(54)31-13-10-19-50(47-31)41(53)32(21-35-45-33(27)23-57-35)46-40(52)38(25(2)3)49-18-11-14-36(49)51/h9,12,15-17,20,23,25-26,31-32,38,47H,8,10-11,13-14,18-19,21-22,24H2,1-7H3,(H,46,52)/t26-,31-,32-,38-/m0/s1. The number of methoxy groups -OCH3 is 1. The third-order valence-electron chi connectivity index (χ3n) is 11.5. The first-order valence-electron chi connectivity index (χ1n) is 20.2. The van der Waals surface area contributed by atoms with Crippen LogP contribution >= 0.6 is 11.3 Å². The van der Waals surface area contributed by atoms with Gasteiger partial charge in [0, 0.05) is 78.6 Å². The smallest absolute Gasteiger partial charge is 0.324 e. The van der Waals surface area contributed by atoms with Crippen LogP contribution in [0.15, 0.2) is 41.9 Å². The van der Waals surface area contributed by atoms with Crippen LogP contribution in [0.5, 0.6) is 0 Å². The lowest BCUT2D eigenvalue weighted by Gasteiger charge is -2.36. The maximum absolute atomic E-state index is 14.4. The number of aromatic nitrogens is 3. The zero-order valence-corrected chi connectivity index (χ0v) is 34.9. The van der Waals surface area contributed by atoms with Crippen LogP contribution in [-0.4, -0.2) is 93.1 Å². The molecular formula is C43H55N7O6S. The number of carbonyl (C=O) groups is 4. The molecule has 3 aromatic heterocycles. The van der Waals surface area contributed by atoms with E-state index in [0.29, 0.717) is 56.7 Å². The highest BCUT2D eigenvalue weighted by Gasteiger charge is 2.39. The number of amides is 3. The number of hydrogen-bond donors (Lipinski definition) is 2. The van der Waals surface area contributed by atoms with Crippen molar-refractivity contribution in [1.82, 2.24) is 35.2 Å². The maximum Gasteiger partial charge on any atom is 0.324 e. The zero-order valence-electron chi connectivity index (χ0n) is 34.1. The number of thiazole rings is 1. The molecule has 304 valence electrons. The van der Waals surface area contributed by atoms with E-state index < -0.39 is 29.5 Å². The summed E-state index contributed by atoms with van der Waals surface area (Å²) in [5.41, 5.74) is 9.44. The van der Waals surface area contributed by atoms with Crippen molar-refractivity contribution in [2.45, 2.75) is 111 Å². The first-order valence-corrected chi connectivity index (χ1v) is 21.1. The van der Waals surface area contributed by atoms with Gasteiger partial charge in [-0.3, -0.25) is 29.2 Å². The number of pyridine rings is 1. The molecule has 0 unspecified atom stereocenters. The average Bonchev–Trinajstić information content (AvgIpc) is 3.92. The van der Waals surface area contributed by atoms with E-state index in [1.165, 1.54) is 16.3 Å². The molecule has 1 aromatic carbocycles. The van der Waals surface area contributed by atoms with E-state index in [9.17, 15) is 19.2 Å². The number of likely N-dealkylation sites (tertiary alicyclic amines) is 1. The Kier molecular flexibility index (Phi) is 11.9. The van der Waals surface area contributed by atoms with Crippen LogP contribution in [0.1, 0.15) is 89.6 Å². The van der Waals surface area contributed by atoms with E-state index in [1.54, 1.807) is 18.2 Å². The lowest BCUT2D eigenvalue weighted by atomic mass is 9.84. The molecule has 57 heavy (non-hydrogen) atoms. The molecule has 4 aromatic rings. The highest BCUT2D eigenvalue weighted by atomic mass is 32.1. The van der Waals surface area contributed by atoms with Crippen molar-refractivity contribution in [2.75, 3.05) is 26.8 Å². The molecule has 6 bridgehead atoms. The third-order valence-corrected chi connectivity index (χ3v) is 12.4. The Hall–Kier alpha value is -4.66. The van der Waals surface area contributed by atoms with Crippen molar-refractivity contribution in [3.8, 4) is 22.5 Å². The summed E-state index contributed by atoms with van der Waals surface area (Å²) in [4.78, 5) is 66.4. The Balaban J connectivity index is 1.33. The number of cyclic esters (lactones) is 1. The van der Waals surface area contributed by atoms with Crippen LogP contribution in [0.4, 0.5) is 0 Å². The quantitative estimate of drug-likeness (QED) is 0.210. The van der Waals surface area contributed by atoms with Crippen LogP contribution in [0, 0.1) is 11.3 Å². The first-order chi connectivity index (χ1) is 27.3. The molecule has 3 aliphatic rings. The summed E-state index contributed by atoms with van der Waals surface area (Å²) in [6.07, 6.45) is 4.48. The molecule has 3 amide bonds. The SMILES string of the molecule is CCn1c(-c2cccnc2[C@H](C)OC)c2c3cc(ccc31)-c1csc(n1)C[C@H](NC(=O)[C@H](C(C)C)N1CCCC1=O)C(=O)N1CCC[C@H](N1)C(=O)OCC(C)(C)C2. The molecule has 0 saturated carbocycles. The van der Waals surface area contributed by atoms with E-state index in [-0.39, 0.29) is 42.8 Å².